The molecule has 20 heavy (non-hydrogen) atoms. The molecule has 2 heterocycles. The molecule has 0 spiro atoms. The summed E-state index contributed by atoms with van der Waals surface area (Å²) >= 11 is 0. The molecule has 2 rings (SSSR count). The summed E-state index contributed by atoms with van der Waals surface area (Å²) in [7, 11) is 0.635. The summed E-state index contributed by atoms with van der Waals surface area (Å²) in [5.74, 6) is 0. The van der Waals surface area contributed by atoms with Gasteiger partial charge in [-0.15, -0.1) is 0 Å². The van der Waals surface area contributed by atoms with Crippen molar-refractivity contribution < 1.29 is 23.3 Å². The normalized spacial score (nSPS) is 37.0. The molecule has 0 aromatic heterocycles. The Hall–Kier alpha value is -0.280. The Balaban J connectivity index is 1.95. The van der Waals surface area contributed by atoms with Crippen LogP contribution < -0.4 is 0 Å². The molecule has 0 aromatic carbocycles. The van der Waals surface area contributed by atoms with Crippen LogP contribution in [0.25, 0.3) is 4.85 Å². The van der Waals surface area contributed by atoms with Gasteiger partial charge in [0.15, 0.2) is 8.38 Å². The molecule has 0 saturated carbocycles. The maximum absolute atomic E-state index is 6.74. The highest BCUT2D eigenvalue weighted by Gasteiger charge is 2.62. The molecule has 6 nitrogen and oxygen atoms in total. The molecule has 0 N–H and O–H groups in total. The largest absolute Gasteiger partial charge is 0.382 e. The second-order valence-corrected chi connectivity index (χ2v) is 6.27. The van der Waals surface area contributed by atoms with Crippen LogP contribution in [0.5, 0.6) is 0 Å². The molecule has 2 aliphatic heterocycles. The van der Waals surface area contributed by atoms with E-state index in [4.69, 9.17) is 29.8 Å². The van der Waals surface area contributed by atoms with Gasteiger partial charge >= 0.3 is 0 Å². The zero-order chi connectivity index (χ0) is 14.6. The molecule has 2 fully saturated rings. The predicted molar refractivity (Wildman–Crippen MR) is 74.6 cm³/mol. The maximum atomic E-state index is 6.74. The number of methoxy groups -OCH3 is 1. The minimum Gasteiger partial charge on any atom is -0.382 e. The van der Waals surface area contributed by atoms with E-state index in [0.29, 0.717) is 26.4 Å². The van der Waals surface area contributed by atoms with E-state index in [0.717, 1.165) is 6.42 Å². The van der Waals surface area contributed by atoms with E-state index in [1.165, 1.54) is 0 Å². The Labute approximate surface area is 121 Å². The van der Waals surface area contributed by atoms with Crippen LogP contribution in [0.1, 0.15) is 13.3 Å². The van der Waals surface area contributed by atoms with Gasteiger partial charge in [0.2, 0.25) is 6.54 Å². The number of nitrogens with zero attached hydrogens (tertiary/aromatic N) is 1. The summed E-state index contributed by atoms with van der Waals surface area (Å²) in [5, 5.41) is 0. The summed E-state index contributed by atoms with van der Waals surface area (Å²) in [4.78, 5) is 3.26. The Morgan fingerprint density at radius 2 is 2.30 bits per heavy atom. The number of hydrogen-bond donors (Lipinski definition) is 0. The van der Waals surface area contributed by atoms with E-state index in [9.17, 15) is 0 Å². The fourth-order valence-electron chi connectivity index (χ4n) is 2.86. The van der Waals surface area contributed by atoms with E-state index in [1.807, 2.05) is 6.66 Å². The number of fused-ring (bicyclic) bond motifs is 2. The average Bonchev–Trinajstić information content (AvgIpc) is 2.92. The van der Waals surface area contributed by atoms with Crippen molar-refractivity contribution in [1.82, 2.24) is 0 Å². The molecule has 7 heteroatoms. The predicted octanol–water partition coefficient (Wildman–Crippen LogP) is 1.84. The molecule has 2 bridgehead atoms. The molecular formula is C13H22NO5P. The van der Waals surface area contributed by atoms with Gasteiger partial charge < -0.3 is 28.1 Å². The number of rotatable bonds is 8. The molecule has 114 valence electrons. The van der Waals surface area contributed by atoms with Crippen LogP contribution in [0.3, 0.4) is 0 Å². The summed E-state index contributed by atoms with van der Waals surface area (Å²) in [6.07, 6.45) is 0.557. The minimum atomic E-state index is -1.03. The van der Waals surface area contributed by atoms with Crippen LogP contribution in [0.2, 0.25) is 0 Å². The van der Waals surface area contributed by atoms with Crippen LogP contribution in [0.15, 0.2) is 0 Å². The topological polar surface area (TPSA) is 50.5 Å². The molecule has 2 saturated heterocycles. The second kappa shape index (κ2) is 7.13. The van der Waals surface area contributed by atoms with Gasteiger partial charge in [0.1, 0.15) is 30.5 Å². The van der Waals surface area contributed by atoms with E-state index < -0.39 is 14.0 Å². The van der Waals surface area contributed by atoms with Crippen LogP contribution in [-0.2, 0) is 23.3 Å². The molecular weight excluding hydrogens is 281 g/mol. The summed E-state index contributed by atoms with van der Waals surface area (Å²) in [5.41, 5.74) is -0.430. The molecule has 0 aliphatic carbocycles. The molecule has 1 unspecified atom stereocenters. The van der Waals surface area contributed by atoms with Gasteiger partial charge in [-0.1, -0.05) is 6.92 Å². The lowest BCUT2D eigenvalue weighted by atomic mass is 9.90. The Morgan fingerprint density at radius 1 is 1.50 bits per heavy atom. The van der Waals surface area contributed by atoms with Gasteiger partial charge in [0, 0.05) is 13.8 Å². The van der Waals surface area contributed by atoms with E-state index in [-0.39, 0.29) is 18.3 Å². The van der Waals surface area contributed by atoms with E-state index >= 15 is 0 Å². The van der Waals surface area contributed by atoms with Crippen molar-refractivity contribution in [2.24, 2.45) is 0 Å². The fraction of sp³-hybridized carbons (Fsp3) is 0.923. The third-order valence-corrected chi connectivity index (χ3v) is 4.90. The maximum Gasteiger partial charge on any atom is 0.238 e. The highest BCUT2D eigenvalue weighted by molar-refractivity contribution is 7.46. The van der Waals surface area contributed by atoms with Crippen LogP contribution in [0.4, 0.5) is 0 Å². The van der Waals surface area contributed by atoms with Crippen molar-refractivity contribution in [3.8, 4) is 0 Å². The highest BCUT2D eigenvalue weighted by Crippen LogP contribution is 2.50. The summed E-state index contributed by atoms with van der Waals surface area (Å²) in [6.45, 7) is 12.6. The first-order valence-corrected chi connectivity index (χ1v) is 8.45. The molecule has 2 aliphatic rings. The first-order chi connectivity index (χ1) is 9.67. The quantitative estimate of drug-likeness (QED) is 0.389. The lowest BCUT2D eigenvalue weighted by Gasteiger charge is -2.35. The average molecular weight is 303 g/mol. The summed E-state index contributed by atoms with van der Waals surface area (Å²) in [6, 6.07) is 0. The standard InChI is InChI=1S/C13H22NO5P/c1-5-13-11(9-15-3)18-10(8-16-13)12(13)19-20(4)17-7-6-14-2/h10-12H,5-9H2,1,3-4H3/t10-,11+,12-,13-,20?/m0/s1. The number of hydrogen-bond acceptors (Lipinski definition) is 5. The monoisotopic (exact) mass is 303 g/mol. The first-order valence-electron chi connectivity index (χ1n) is 6.83. The third kappa shape index (κ3) is 2.99. The van der Waals surface area contributed by atoms with Crippen molar-refractivity contribution >= 4 is 8.38 Å². The van der Waals surface area contributed by atoms with Gasteiger partial charge in [-0.05, 0) is 6.42 Å². The molecule has 0 aromatic rings. The van der Waals surface area contributed by atoms with Gasteiger partial charge in [0.25, 0.3) is 0 Å². The number of ether oxygens (including phenoxy) is 3. The smallest absolute Gasteiger partial charge is 0.238 e. The lowest BCUT2D eigenvalue weighted by Crippen LogP contribution is -2.48. The Kier molecular flexibility index (Phi) is 5.74. The third-order valence-electron chi connectivity index (χ3n) is 3.83. The lowest BCUT2D eigenvalue weighted by molar-refractivity contribution is -0.166. The molecule has 0 amide bonds. The second-order valence-electron chi connectivity index (χ2n) is 4.92. The van der Waals surface area contributed by atoms with Crippen molar-refractivity contribution in [3.05, 3.63) is 11.4 Å². The first kappa shape index (κ1) is 16.1. The Morgan fingerprint density at radius 3 is 2.95 bits per heavy atom. The van der Waals surface area contributed by atoms with Gasteiger partial charge in [-0.25, -0.2) is 6.57 Å². The fourth-order valence-corrected chi connectivity index (χ4v) is 3.89. The van der Waals surface area contributed by atoms with Crippen molar-refractivity contribution in [3.63, 3.8) is 0 Å². The zero-order valence-corrected chi connectivity index (χ0v) is 13.1. The van der Waals surface area contributed by atoms with Gasteiger partial charge in [-0.3, -0.25) is 0 Å². The summed E-state index contributed by atoms with van der Waals surface area (Å²) < 4.78 is 28.7. The van der Waals surface area contributed by atoms with E-state index in [2.05, 4.69) is 11.8 Å². The van der Waals surface area contributed by atoms with Crippen LogP contribution in [-0.4, -0.2) is 64.1 Å². The van der Waals surface area contributed by atoms with Crippen LogP contribution >= 0.6 is 8.38 Å². The van der Waals surface area contributed by atoms with Crippen molar-refractivity contribution in [1.29, 1.82) is 0 Å². The van der Waals surface area contributed by atoms with E-state index in [1.54, 1.807) is 7.11 Å². The van der Waals surface area contributed by atoms with Crippen LogP contribution in [0, 0.1) is 6.57 Å². The molecule has 0 radical (unpaired) electrons. The molecule has 5 atom stereocenters. The van der Waals surface area contributed by atoms with Crippen molar-refractivity contribution in [2.45, 2.75) is 37.3 Å². The zero-order valence-electron chi connectivity index (χ0n) is 12.2. The van der Waals surface area contributed by atoms with Gasteiger partial charge in [-0.2, -0.15) is 0 Å². The van der Waals surface area contributed by atoms with Crippen molar-refractivity contribution in [2.75, 3.05) is 40.1 Å². The minimum absolute atomic E-state index is 0.0514. The van der Waals surface area contributed by atoms with Gasteiger partial charge in [0.05, 0.1) is 13.2 Å². The SMILES string of the molecule is [C-]#[N+]CCOP(C)O[C@H]1[C@@H]2CO[C@@]1(CC)[C@@H](COC)O2. The highest BCUT2D eigenvalue weighted by atomic mass is 31.2. The Bertz CT molecular complexity index is 363.